The number of halogens is 1. The second kappa shape index (κ2) is 10.5. The number of rotatable bonds is 8. The molecular weight excluding hydrogens is 438 g/mol. The van der Waals surface area contributed by atoms with Crippen molar-refractivity contribution in [1.29, 1.82) is 0 Å². The fourth-order valence-corrected chi connectivity index (χ4v) is 3.36. The quantitative estimate of drug-likeness (QED) is 0.280. The zero-order valence-electron chi connectivity index (χ0n) is 17.9. The maximum atomic E-state index is 12.7. The number of carbonyl (C=O) groups is 1. The van der Waals surface area contributed by atoms with E-state index < -0.39 is 0 Å². The lowest BCUT2D eigenvalue weighted by atomic mass is 10.1. The highest BCUT2D eigenvalue weighted by molar-refractivity contribution is 6.30. The lowest BCUT2D eigenvalue weighted by molar-refractivity contribution is 0.0955. The van der Waals surface area contributed by atoms with Gasteiger partial charge in [0, 0.05) is 17.4 Å². The van der Waals surface area contributed by atoms with Crippen LogP contribution in [0.2, 0.25) is 5.02 Å². The average Bonchev–Trinajstić information content (AvgIpc) is 3.39. The van der Waals surface area contributed by atoms with Crippen LogP contribution in [-0.4, -0.2) is 23.8 Å². The number of nitrogens with one attached hydrogen (secondary N) is 1. The van der Waals surface area contributed by atoms with Crippen LogP contribution in [0, 0.1) is 0 Å². The molecule has 0 saturated carbocycles. The van der Waals surface area contributed by atoms with Gasteiger partial charge in [-0.15, -0.1) is 0 Å². The predicted octanol–water partition coefficient (Wildman–Crippen LogP) is 5.48. The van der Waals surface area contributed by atoms with Gasteiger partial charge in [-0.3, -0.25) is 4.79 Å². The van der Waals surface area contributed by atoms with Crippen LogP contribution in [0.1, 0.15) is 21.5 Å². The third kappa shape index (κ3) is 5.61. The van der Waals surface area contributed by atoms with Crippen LogP contribution in [-0.2, 0) is 6.61 Å². The minimum Gasteiger partial charge on any atom is -0.493 e. The van der Waals surface area contributed by atoms with Crippen molar-refractivity contribution in [3.63, 3.8) is 0 Å². The van der Waals surface area contributed by atoms with Crippen LogP contribution in [0.15, 0.2) is 96.4 Å². The topological polar surface area (TPSA) is 64.8 Å². The number of hydrogen-bond acceptors (Lipinski definition) is 4. The Balaban J connectivity index is 1.41. The zero-order chi connectivity index (χ0) is 23.0. The van der Waals surface area contributed by atoms with Crippen molar-refractivity contribution in [3.05, 3.63) is 113 Å². The number of para-hydroxylation sites is 1. The standard InChI is InChI=1S/C26H22ClN3O3/c1-32-25-16-20(10-13-24(25)33-18-19-8-11-21(27)12-9-19)17-28-29-26(31)22-6-2-3-7-23(22)30-14-4-5-15-30/h2-17H,18H2,1H3,(H,29,31). The van der Waals surface area contributed by atoms with E-state index in [1.807, 2.05) is 77.6 Å². The molecular formula is C26H22ClN3O3. The van der Waals surface area contributed by atoms with Crippen LogP contribution in [0.4, 0.5) is 0 Å². The predicted molar refractivity (Wildman–Crippen MR) is 130 cm³/mol. The molecule has 1 aromatic heterocycles. The SMILES string of the molecule is COc1cc(C=NNC(=O)c2ccccc2-n2cccc2)ccc1OCc1ccc(Cl)cc1. The van der Waals surface area contributed by atoms with Crippen LogP contribution in [0.5, 0.6) is 11.5 Å². The first-order chi connectivity index (χ1) is 16.1. The number of carbonyl (C=O) groups excluding carboxylic acids is 1. The van der Waals surface area contributed by atoms with E-state index in [9.17, 15) is 4.79 Å². The number of hydrogen-bond donors (Lipinski definition) is 1. The fourth-order valence-electron chi connectivity index (χ4n) is 3.24. The normalized spacial score (nSPS) is 10.8. The Morgan fingerprint density at radius 1 is 1.00 bits per heavy atom. The van der Waals surface area contributed by atoms with Crippen molar-refractivity contribution in [3.8, 4) is 17.2 Å². The van der Waals surface area contributed by atoms with Gasteiger partial charge >= 0.3 is 0 Å². The molecule has 1 amide bonds. The van der Waals surface area contributed by atoms with Crippen LogP contribution in [0.25, 0.3) is 5.69 Å². The first kappa shape index (κ1) is 22.2. The molecule has 4 aromatic rings. The van der Waals surface area contributed by atoms with E-state index in [-0.39, 0.29) is 5.91 Å². The summed E-state index contributed by atoms with van der Waals surface area (Å²) in [5.74, 6) is 0.872. The molecule has 3 aromatic carbocycles. The Morgan fingerprint density at radius 2 is 1.76 bits per heavy atom. The molecule has 1 heterocycles. The molecule has 6 nitrogen and oxygen atoms in total. The number of benzene rings is 3. The zero-order valence-corrected chi connectivity index (χ0v) is 18.7. The Kier molecular flexibility index (Phi) is 7.07. The molecule has 0 aliphatic heterocycles. The second-order valence-corrected chi connectivity index (χ2v) is 7.57. The van der Waals surface area contributed by atoms with Gasteiger partial charge in [0.1, 0.15) is 6.61 Å². The summed E-state index contributed by atoms with van der Waals surface area (Å²) >= 11 is 5.92. The number of hydrazone groups is 1. The molecule has 0 bridgehead atoms. The summed E-state index contributed by atoms with van der Waals surface area (Å²) in [6, 6.07) is 24.1. The van der Waals surface area contributed by atoms with Crippen molar-refractivity contribution < 1.29 is 14.3 Å². The summed E-state index contributed by atoms with van der Waals surface area (Å²) in [5, 5.41) is 4.79. The van der Waals surface area contributed by atoms with E-state index in [2.05, 4.69) is 10.5 Å². The van der Waals surface area contributed by atoms with Gasteiger partial charge < -0.3 is 14.0 Å². The molecule has 0 aliphatic carbocycles. The number of amides is 1. The minimum atomic E-state index is -0.301. The fraction of sp³-hybridized carbons (Fsp3) is 0.0769. The molecule has 0 atom stereocenters. The summed E-state index contributed by atoms with van der Waals surface area (Å²) in [5.41, 5.74) is 5.64. The number of ether oxygens (including phenoxy) is 2. The number of nitrogens with zero attached hydrogens (tertiary/aromatic N) is 2. The summed E-state index contributed by atoms with van der Waals surface area (Å²) in [6.07, 6.45) is 5.33. The van der Waals surface area contributed by atoms with Crippen molar-refractivity contribution in [1.82, 2.24) is 9.99 Å². The Hall–Kier alpha value is -4.03. The van der Waals surface area contributed by atoms with Gasteiger partial charge in [0.25, 0.3) is 5.91 Å². The molecule has 4 rings (SSSR count). The third-order valence-corrected chi connectivity index (χ3v) is 5.16. The Bertz CT molecular complexity index is 1250. The smallest absolute Gasteiger partial charge is 0.273 e. The van der Waals surface area contributed by atoms with Gasteiger partial charge in [0.2, 0.25) is 0 Å². The van der Waals surface area contributed by atoms with Gasteiger partial charge in [0.15, 0.2) is 11.5 Å². The Morgan fingerprint density at radius 3 is 2.52 bits per heavy atom. The molecule has 1 N–H and O–H groups in total. The third-order valence-electron chi connectivity index (χ3n) is 4.91. The number of aromatic nitrogens is 1. The van der Waals surface area contributed by atoms with Gasteiger partial charge in [-0.25, -0.2) is 5.43 Å². The molecule has 166 valence electrons. The van der Waals surface area contributed by atoms with Crippen molar-refractivity contribution >= 4 is 23.7 Å². The van der Waals surface area contributed by atoms with E-state index in [0.717, 1.165) is 16.8 Å². The monoisotopic (exact) mass is 459 g/mol. The summed E-state index contributed by atoms with van der Waals surface area (Å²) in [7, 11) is 1.57. The maximum Gasteiger partial charge on any atom is 0.273 e. The van der Waals surface area contributed by atoms with Crippen molar-refractivity contribution in [2.45, 2.75) is 6.61 Å². The van der Waals surface area contributed by atoms with E-state index in [1.54, 1.807) is 31.5 Å². The van der Waals surface area contributed by atoms with E-state index in [0.29, 0.717) is 28.7 Å². The minimum absolute atomic E-state index is 0.301. The molecule has 0 unspecified atom stereocenters. The summed E-state index contributed by atoms with van der Waals surface area (Å²) in [6.45, 7) is 0.387. The lowest BCUT2D eigenvalue weighted by Gasteiger charge is -2.11. The summed E-state index contributed by atoms with van der Waals surface area (Å²) in [4.78, 5) is 12.7. The first-order valence-electron chi connectivity index (χ1n) is 10.2. The molecule has 0 radical (unpaired) electrons. The summed E-state index contributed by atoms with van der Waals surface area (Å²) < 4.78 is 13.2. The largest absolute Gasteiger partial charge is 0.493 e. The first-order valence-corrected chi connectivity index (χ1v) is 10.6. The van der Waals surface area contributed by atoms with Gasteiger partial charge in [-0.05, 0) is 65.7 Å². The maximum absolute atomic E-state index is 12.7. The van der Waals surface area contributed by atoms with Gasteiger partial charge in [0.05, 0.1) is 24.6 Å². The van der Waals surface area contributed by atoms with Crippen LogP contribution in [0.3, 0.4) is 0 Å². The average molecular weight is 460 g/mol. The van der Waals surface area contributed by atoms with Crippen LogP contribution >= 0.6 is 11.6 Å². The molecule has 0 saturated heterocycles. The lowest BCUT2D eigenvalue weighted by Crippen LogP contribution is -2.19. The van der Waals surface area contributed by atoms with Crippen molar-refractivity contribution in [2.24, 2.45) is 5.10 Å². The Labute approximate surface area is 197 Å². The van der Waals surface area contributed by atoms with E-state index in [1.165, 1.54) is 0 Å². The number of methoxy groups -OCH3 is 1. The highest BCUT2D eigenvalue weighted by Crippen LogP contribution is 2.28. The molecule has 7 heteroatoms. The van der Waals surface area contributed by atoms with Crippen LogP contribution < -0.4 is 14.9 Å². The molecule has 0 spiro atoms. The highest BCUT2D eigenvalue weighted by Gasteiger charge is 2.11. The van der Waals surface area contributed by atoms with Gasteiger partial charge in [-0.1, -0.05) is 35.9 Å². The second-order valence-electron chi connectivity index (χ2n) is 7.13. The van der Waals surface area contributed by atoms with Crippen molar-refractivity contribution in [2.75, 3.05) is 7.11 Å². The molecule has 33 heavy (non-hydrogen) atoms. The van der Waals surface area contributed by atoms with E-state index >= 15 is 0 Å². The molecule has 0 fully saturated rings. The molecule has 0 aliphatic rings. The highest BCUT2D eigenvalue weighted by atomic mass is 35.5. The van der Waals surface area contributed by atoms with E-state index in [4.69, 9.17) is 21.1 Å². The van der Waals surface area contributed by atoms with Gasteiger partial charge in [-0.2, -0.15) is 5.10 Å².